The van der Waals surface area contributed by atoms with Gasteiger partial charge in [0.1, 0.15) is 0 Å². The minimum absolute atomic E-state index is 0. The van der Waals surface area contributed by atoms with Gasteiger partial charge < -0.3 is 20.4 Å². The summed E-state index contributed by atoms with van der Waals surface area (Å²) in [4.78, 5) is 32.8. The highest BCUT2D eigenvalue weighted by Crippen LogP contribution is 2.19. The molecule has 0 radical (unpaired) electrons. The van der Waals surface area contributed by atoms with Crippen molar-refractivity contribution in [2.75, 3.05) is 33.7 Å². The van der Waals surface area contributed by atoms with E-state index in [-0.39, 0.29) is 35.8 Å². The van der Waals surface area contributed by atoms with Gasteiger partial charge in [0, 0.05) is 52.3 Å². The summed E-state index contributed by atoms with van der Waals surface area (Å²) in [5.74, 6) is 0.925. The van der Waals surface area contributed by atoms with E-state index in [9.17, 15) is 9.59 Å². The first kappa shape index (κ1) is 27.6. The molecule has 2 aromatic carbocycles. The van der Waals surface area contributed by atoms with Gasteiger partial charge in [-0.2, -0.15) is 0 Å². The van der Waals surface area contributed by atoms with Crippen molar-refractivity contribution in [1.82, 2.24) is 20.4 Å². The first-order valence-electron chi connectivity index (χ1n) is 11.6. The van der Waals surface area contributed by atoms with Crippen LogP contribution in [0.25, 0.3) is 0 Å². The summed E-state index contributed by atoms with van der Waals surface area (Å²) in [6.45, 7) is 5.48. The third-order valence-electron chi connectivity index (χ3n) is 5.71. The highest BCUT2D eigenvalue weighted by molar-refractivity contribution is 14.0. The molecule has 0 spiro atoms. The molecular formula is C26H36IN5O2. The summed E-state index contributed by atoms with van der Waals surface area (Å²) in [5.41, 5.74) is 4.31. The summed E-state index contributed by atoms with van der Waals surface area (Å²) in [6.07, 6.45) is 2.21. The minimum atomic E-state index is -0.0108. The van der Waals surface area contributed by atoms with Gasteiger partial charge in [-0.1, -0.05) is 36.4 Å². The van der Waals surface area contributed by atoms with E-state index in [0.717, 1.165) is 37.5 Å². The zero-order chi connectivity index (χ0) is 23.6. The Bertz CT molecular complexity index is 975. The zero-order valence-electron chi connectivity index (χ0n) is 20.3. The monoisotopic (exact) mass is 577 g/mol. The number of amides is 2. The van der Waals surface area contributed by atoms with Crippen LogP contribution >= 0.6 is 24.0 Å². The van der Waals surface area contributed by atoms with E-state index in [1.807, 2.05) is 42.2 Å². The van der Waals surface area contributed by atoms with Crippen LogP contribution in [0.5, 0.6) is 0 Å². The maximum atomic E-state index is 12.6. The van der Waals surface area contributed by atoms with Gasteiger partial charge in [0.15, 0.2) is 5.96 Å². The molecular weight excluding hydrogens is 541 g/mol. The first-order chi connectivity index (χ1) is 16.0. The van der Waals surface area contributed by atoms with E-state index in [1.54, 1.807) is 19.0 Å². The van der Waals surface area contributed by atoms with Crippen LogP contribution < -0.4 is 10.6 Å². The molecule has 3 rings (SSSR count). The SMILES string of the molecule is CCNC(=NCc1ccc(C(=O)N(C)C)cc1)NCCCC(=O)N1CCc2ccccc2C1.I. The van der Waals surface area contributed by atoms with Crippen molar-refractivity contribution >= 4 is 41.8 Å². The third kappa shape index (κ3) is 8.00. The molecule has 2 aromatic rings. The third-order valence-corrected chi connectivity index (χ3v) is 5.71. The Kier molecular flexibility index (Phi) is 11.3. The van der Waals surface area contributed by atoms with Crippen LogP contribution in [0.2, 0.25) is 0 Å². The lowest BCUT2D eigenvalue weighted by Gasteiger charge is -2.29. The summed E-state index contributed by atoms with van der Waals surface area (Å²) in [6, 6.07) is 15.9. The van der Waals surface area contributed by atoms with E-state index in [0.29, 0.717) is 31.6 Å². The number of aliphatic imine (C=N–C) groups is 1. The largest absolute Gasteiger partial charge is 0.357 e. The standard InChI is InChI=1S/C26H35N5O2.HI/c1-4-27-26(29-18-20-11-13-22(14-12-20)25(33)30(2)3)28-16-7-10-24(32)31-17-15-21-8-5-6-9-23(21)19-31;/h5-6,8-9,11-14H,4,7,10,15-19H2,1-3H3,(H2,27,28,29);1H. The van der Waals surface area contributed by atoms with Crippen LogP contribution in [0.3, 0.4) is 0 Å². The Hall–Kier alpha value is -2.62. The molecule has 0 atom stereocenters. The number of carbonyl (C=O) groups excluding carboxylic acids is 2. The number of rotatable bonds is 8. The molecule has 0 saturated carbocycles. The molecule has 1 aliphatic rings. The molecule has 184 valence electrons. The van der Waals surface area contributed by atoms with Gasteiger partial charge in [0.25, 0.3) is 5.91 Å². The Morgan fingerprint density at radius 2 is 1.74 bits per heavy atom. The lowest BCUT2D eigenvalue weighted by Crippen LogP contribution is -2.39. The fourth-order valence-electron chi connectivity index (χ4n) is 3.84. The number of halogens is 1. The summed E-state index contributed by atoms with van der Waals surface area (Å²) in [7, 11) is 3.49. The fourth-order valence-corrected chi connectivity index (χ4v) is 3.84. The minimum Gasteiger partial charge on any atom is -0.357 e. The number of hydrogen-bond acceptors (Lipinski definition) is 3. The van der Waals surface area contributed by atoms with Crippen molar-refractivity contribution in [3.8, 4) is 0 Å². The molecule has 0 saturated heterocycles. The zero-order valence-corrected chi connectivity index (χ0v) is 22.7. The molecule has 0 aromatic heterocycles. The average molecular weight is 578 g/mol. The maximum Gasteiger partial charge on any atom is 0.253 e. The number of guanidine groups is 1. The fraction of sp³-hybridized carbons (Fsp3) is 0.423. The number of nitrogens with one attached hydrogen (secondary N) is 2. The van der Waals surface area contributed by atoms with Gasteiger partial charge in [0.2, 0.25) is 5.91 Å². The van der Waals surface area contributed by atoms with Crippen LogP contribution in [-0.4, -0.2) is 61.3 Å². The predicted octanol–water partition coefficient (Wildman–Crippen LogP) is 3.43. The molecule has 0 fully saturated rings. The van der Waals surface area contributed by atoms with E-state index in [2.05, 4.69) is 33.8 Å². The second kappa shape index (κ2) is 13.9. The van der Waals surface area contributed by atoms with Crippen molar-refractivity contribution in [3.63, 3.8) is 0 Å². The van der Waals surface area contributed by atoms with Crippen LogP contribution in [0.4, 0.5) is 0 Å². The van der Waals surface area contributed by atoms with E-state index < -0.39 is 0 Å². The molecule has 0 bridgehead atoms. The van der Waals surface area contributed by atoms with Gasteiger partial charge in [-0.15, -0.1) is 24.0 Å². The summed E-state index contributed by atoms with van der Waals surface area (Å²) >= 11 is 0. The highest BCUT2D eigenvalue weighted by Gasteiger charge is 2.19. The smallest absolute Gasteiger partial charge is 0.253 e. The number of nitrogens with zero attached hydrogens (tertiary/aromatic N) is 3. The Morgan fingerprint density at radius 3 is 2.41 bits per heavy atom. The van der Waals surface area contributed by atoms with Gasteiger partial charge in [0.05, 0.1) is 6.54 Å². The molecule has 2 N–H and O–H groups in total. The normalized spacial score (nSPS) is 12.9. The average Bonchev–Trinajstić information content (AvgIpc) is 2.84. The van der Waals surface area contributed by atoms with E-state index in [4.69, 9.17) is 0 Å². The summed E-state index contributed by atoms with van der Waals surface area (Å²) in [5, 5.41) is 6.56. The lowest BCUT2D eigenvalue weighted by molar-refractivity contribution is -0.132. The van der Waals surface area contributed by atoms with Crippen LogP contribution in [-0.2, 0) is 24.3 Å². The van der Waals surface area contributed by atoms with Crippen molar-refractivity contribution in [2.45, 2.75) is 39.3 Å². The second-order valence-corrected chi connectivity index (χ2v) is 8.46. The predicted molar refractivity (Wildman–Crippen MR) is 147 cm³/mol. The van der Waals surface area contributed by atoms with E-state index in [1.165, 1.54) is 11.1 Å². The quantitative estimate of drug-likeness (QED) is 0.218. The second-order valence-electron chi connectivity index (χ2n) is 8.46. The molecule has 0 aliphatic carbocycles. The number of carbonyl (C=O) groups is 2. The molecule has 2 amide bonds. The number of benzene rings is 2. The molecule has 34 heavy (non-hydrogen) atoms. The van der Waals surface area contributed by atoms with Crippen molar-refractivity contribution in [2.24, 2.45) is 4.99 Å². The van der Waals surface area contributed by atoms with Gasteiger partial charge in [-0.3, -0.25) is 9.59 Å². The van der Waals surface area contributed by atoms with Gasteiger partial charge in [-0.05, 0) is 48.6 Å². The van der Waals surface area contributed by atoms with Crippen LogP contribution in [0, 0.1) is 0 Å². The Morgan fingerprint density at radius 1 is 1.03 bits per heavy atom. The van der Waals surface area contributed by atoms with Gasteiger partial charge in [-0.25, -0.2) is 4.99 Å². The van der Waals surface area contributed by atoms with Crippen molar-refractivity contribution < 1.29 is 9.59 Å². The molecule has 1 heterocycles. The van der Waals surface area contributed by atoms with Crippen LogP contribution in [0.15, 0.2) is 53.5 Å². The number of fused-ring (bicyclic) bond motifs is 1. The van der Waals surface area contributed by atoms with Gasteiger partial charge >= 0.3 is 0 Å². The lowest BCUT2D eigenvalue weighted by atomic mass is 9.99. The summed E-state index contributed by atoms with van der Waals surface area (Å²) < 4.78 is 0. The molecule has 8 heteroatoms. The van der Waals surface area contributed by atoms with Crippen molar-refractivity contribution in [3.05, 3.63) is 70.8 Å². The molecule has 1 aliphatic heterocycles. The Balaban J connectivity index is 0.00000408. The van der Waals surface area contributed by atoms with Crippen molar-refractivity contribution in [1.29, 1.82) is 0 Å². The Labute approximate surface area is 220 Å². The number of hydrogen-bond donors (Lipinski definition) is 2. The maximum absolute atomic E-state index is 12.6. The van der Waals surface area contributed by atoms with E-state index >= 15 is 0 Å². The highest BCUT2D eigenvalue weighted by atomic mass is 127. The first-order valence-corrected chi connectivity index (χ1v) is 11.6. The molecule has 0 unspecified atom stereocenters. The molecule has 7 nitrogen and oxygen atoms in total. The van der Waals surface area contributed by atoms with Crippen LogP contribution in [0.1, 0.15) is 46.8 Å². The topological polar surface area (TPSA) is 77.0 Å².